The Morgan fingerprint density at radius 2 is 1.67 bits per heavy atom. The molecule has 2 aliphatic heterocycles. The summed E-state index contributed by atoms with van der Waals surface area (Å²) >= 11 is 1.80. The van der Waals surface area contributed by atoms with Gasteiger partial charge in [0.2, 0.25) is 5.36 Å². The first-order valence-corrected chi connectivity index (χ1v) is 13.7. The largest absolute Gasteiger partial charge is 0.369 e. The third kappa shape index (κ3) is 4.51. The Morgan fingerprint density at radius 1 is 1.00 bits per heavy atom. The zero-order valence-electron chi connectivity index (χ0n) is 20.4. The minimum atomic E-state index is -3.37. The number of hydrogen-bond acceptors (Lipinski definition) is 5. The van der Waals surface area contributed by atoms with E-state index in [9.17, 15) is 8.42 Å². The molecule has 0 spiro atoms. The van der Waals surface area contributed by atoms with Gasteiger partial charge in [-0.25, -0.2) is 9.56 Å². The smallest absolute Gasteiger partial charge is 0.281 e. The second-order valence-corrected chi connectivity index (χ2v) is 12.1. The molecule has 178 valence electrons. The molecule has 4 rings (SSSR count). The van der Waals surface area contributed by atoms with Crippen LogP contribution in [0.3, 0.4) is 0 Å². The average molecular weight is 489 g/mol. The van der Waals surface area contributed by atoms with Crippen LogP contribution in [0.5, 0.6) is 0 Å². The minimum absolute atomic E-state index is 0.492. The number of nitrogens with zero attached hydrogens (tertiary/aromatic N) is 5. The van der Waals surface area contributed by atoms with Gasteiger partial charge >= 0.3 is 0 Å². The van der Waals surface area contributed by atoms with E-state index in [0.29, 0.717) is 26.2 Å². The second-order valence-electron chi connectivity index (χ2n) is 8.89. The van der Waals surface area contributed by atoms with Gasteiger partial charge in [0.05, 0.1) is 20.8 Å². The van der Waals surface area contributed by atoms with Crippen molar-refractivity contribution in [1.29, 1.82) is 0 Å². The lowest BCUT2D eigenvalue weighted by atomic mass is 10.1. The molecule has 0 atom stereocenters. The van der Waals surface area contributed by atoms with Crippen molar-refractivity contribution in [3.63, 3.8) is 0 Å². The van der Waals surface area contributed by atoms with Crippen molar-refractivity contribution in [2.24, 2.45) is 0 Å². The quantitative estimate of drug-likeness (QED) is 0.409. The number of fused-ring (bicyclic) bond motifs is 2. The van der Waals surface area contributed by atoms with Crippen molar-refractivity contribution in [2.45, 2.75) is 26.7 Å². The molecule has 0 N–H and O–H groups in total. The van der Waals surface area contributed by atoms with E-state index in [1.807, 2.05) is 0 Å². The molecule has 1 saturated heterocycles. The zero-order valence-corrected chi connectivity index (χ0v) is 22.1. The molecule has 1 aliphatic carbocycles. The molecule has 0 bridgehead atoms. The van der Waals surface area contributed by atoms with Crippen LogP contribution >= 0.6 is 11.3 Å². The summed E-state index contributed by atoms with van der Waals surface area (Å²) in [5.41, 5.74) is 5.85. The molecule has 9 heteroatoms. The number of aryl methyl sites for hydroxylation is 2. The van der Waals surface area contributed by atoms with Gasteiger partial charge in [-0.05, 0) is 36.1 Å². The summed E-state index contributed by atoms with van der Waals surface area (Å²) in [6.45, 7) is 6.70. The van der Waals surface area contributed by atoms with Crippen molar-refractivity contribution in [2.75, 3.05) is 59.3 Å². The lowest BCUT2D eigenvalue weighted by Gasteiger charge is -2.36. The Bertz CT molecular complexity index is 1320. The molecule has 1 aromatic rings. The molecular weight excluding hydrogens is 454 g/mol. The van der Waals surface area contributed by atoms with Gasteiger partial charge in [0.1, 0.15) is 14.1 Å². The Kier molecular flexibility index (Phi) is 6.77. The van der Waals surface area contributed by atoms with E-state index in [2.05, 4.69) is 61.7 Å². The summed E-state index contributed by atoms with van der Waals surface area (Å²) in [5, 5.41) is 1.20. The highest BCUT2D eigenvalue weighted by Crippen LogP contribution is 2.36. The first kappa shape index (κ1) is 24.1. The van der Waals surface area contributed by atoms with E-state index in [0.717, 1.165) is 29.7 Å². The van der Waals surface area contributed by atoms with Crippen molar-refractivity contribution in [3.05, 3.63) is 40.7 Å². The highest BCUT2D eigenvalue weighted by atomic mass is 32.2. The van der Waals surface area contributed by atoms with Crippen LogP contribution in [0, 0.1) is 0 Å². The summed E-state index contributed by atoms with van der Waals surface area (Å²) in [5.74, 6) is 0. The van der Waals surface area contributed by atoms with Crippen LogP contribution in [-0.2, 0) is 23.1 Å². The highest BCUT2D eigenvalue weighted by Gasteiger charge is 2.29. The number of aromatic nitrogens is 1. The molecule has 0 aromatic heterocycles. The van der Waals surface area contributed by atoms with Crippen molar-refractivity contribution < 1.29 is 8.42 Å². The first-order valence-electron chi connectivity index (χ1n) is 11.5. The van der Waals surface area contributed by atoms with Gasteiger partial charge in [-0.15, -0.1) is 11.3 Å². The molecule has 0 saturated carbocycles. The summed E-state index contributed by atoms with van der Waals surface area (Å²) in [7, 11) is 3.95. The topological polar surface area (TPSA) is 59.8 Å². The molecule has 0 amide bonds. The van der Waals surface area contributed by atoms with E-state index >= 15 is 0 Å². The molecule has 1 fully saturated rings. The normalized spacial score (nSPS) is 15.7. The maximum Gasteiger partial charge on any atom is 0.281 e. The van der Waals surface area contributed by atoms with Crippen molar-refractivity contribution >= 4 is 37.5 Å². The van der Waals surface area contributed by atoms with Crippen LogP contribution < -0.4 is 14.8 Å². The van der Waals surface area contributed by atoms with Gasteiger partial charge in [0, 0.05) is 58.1 Å². The number of hydrogen-bond donors (Lipinski definition) is 0. The average Bonchev–Trinajstić information content (AvgIpc) is 2.81. The van der Waals surface area contributed by atoms with Crippen molar-refractivity contribution in [3.8, 4) is 10.6 Å². The van der Waals surface area contributed by atoms with Gasteiger partial charge in [-0.2, -0.15) is 17.0 Å². The standard InChI is InChI=1S/C24H34N5O2S2/c1-7-17-13-19(26(3)4)15-21-23(17)25-24-18(8-2)14-20(16-22(24)32-21)28-9-11-29(12-10-28)33(30,31)27(5)6/h13-16H,7-12H2,1-6H3/q+1. The number of benzene rings is 2. The van der Waals surface area contributed by atoms with Crippen LogP contribution in [0.15, 0.2) is 24.3 Å². The Hall–Kier alpha value is -2.07. The number of anilines is 1. The van der Waals surface area contributed by atoms with Gasteiger partial charge in [0.15, 0.2) is 0 Å². The van der Waals surface area contributed by atoms with Gasteiger partial charge in [0.25, 0.3) is 10.2 Å². The van der Waals surface area contributed by atoms with E-state index in [-0.39, 0.29) is 0 Å². The van der Waals surface area contributed by atoms with Crippen LogP contribution in [0.2, 0.25) is 0 Å². The van der Waals surface area contributed by atoms with E-state index in [4.69, 9.17) is 4.98 Å². The monoisotopic (exact) mass is 488 g/mol. The molecular formula is C24H34N5O2S2+. The van der Waals surface area contributed by atoms with Gasteiger partial charge in [-0.1, -0.05) is 13.8 Å². The van der Waals surface area contributed by atoms with Crippen LogP contribution in [-0.4, -0.2) is 76.4 Å². The van der Waals surface area contributed by atoms with Gasteiger partial charge in [-0.3, -0.25) is 0 Å². The Balaban J connectivity index is 1.77. The Labute approximate surface area is 201 Å². The minimum Gasteiger partial charge on any atom is -0.369 e. The summed E-state index contributed by atoms with van der Waals surface area (Å²) in [6, 6.07) is 8.95. The molecule has 2 heterocycles. The maximum atomic E-state index is 12.5. The molecule has 0 radical (unpaired) electrons. The predicted molar refractivity (Wildman–Crippen MR) is 139 cm³/mol. The van der Waals surface area contributed by atoms with Crippen molar-refractivity contribution in [1.82, 2.24) is 18.2 Å². The fraction of sp³-hybridized carbons (Fsp3) is 0.500. The lowest BCUT2D eigenvalue weighted by Crippen LogP contribution is -2.51. The van der Waals surface area contributed by atoms with Crippen LogP contribution in [0.4, 0.5) is 5.69 Å². The number of rotatable bonds is 5. The van der Waals surface area contributed by atoms with E-state index in [1.165, 1.54) is 30.4 Å². The zero-order chi connectivity index (χ0) is 23.9. The van der Waals surface area contributed by atoms with E-state index < -0.39 is 10.2 Å². The lowest BCUT2D eigenvalue weighted by molar-refractivity contribution is 0.355. The van der Waals surface area contributed by atoms with E-state index in [1.54, 1.807) is 29.7 Å². The number of piperazine rings is 1. The molecule has 0 unspecified atom stereocenters. The second kappa shape index (κ2) is 9.29. The van der Waals surface area contributed by atoms with Crippen LogP contribution in [0.1, 0.15) is 25.0 Å². The molecule has 1 aromatic carbocycles. The third-order valence-electron chi connectivity index (χ3n) is 6.39. The third-order valence-corrected chi connectivity index (χ3v) is 9.39. The first-order chi connectivity index (χ1) is 15.6. The predicted octanol–water partition coefficient (Wildman–Crippen LogP) is 2.49. The maximum absolute atomic E-state index is 12.5. The summed E-state index contributed by atoms with van der Waals surface area (Å²) in [6.07, 6.45) is 1.85. The highest BCUT2D eigenvalue weighted by molar-refractivity contribution is 7.86. The fourth-order valence-electron chi connectivity index (χ4n) is 4.33. The summed E-state index contributed by atoms with van der Waals surface area (Å²) < 4.78 is 31.1. The Morgan fingerprint density at radius 3 is 2.24 bits per heavy atom. The molecule has 33 heavy (non-hydrogen) atoms. The summed E-state index contributed by atoms with van der Waals surface area (Å²) in [4.78, 5) is 8.65. The van der Waals surface area contributed by atoms with Gasteiger partial charge < -0.3 is 4.90 Å². The molecule has 7 nitrogen and oxygen atoms in total. The SMILES string of the molecule is CCc1cc(=[N+](C)C)cc2sc3cc(N4CCN(S(=O)(=O)N(C)C)CC4)cc(CC)c3nc1-2. The molecule has 3 aliphatic rings. The van der Waals surface area contributed by atoms with Crippen LogP contribution in [0.25, 0.3) is 20.8 Å². The fourth-order valence-corrected chi connectivity index (χ4v) is 6.56.